The molecule has 0 aliphatic carbocycles. The maximum Gasteiger partial charge on any atom is 0.341 e. The zero-order valence-corrected chi connectivity index (χ0v) is 15.1. The molecular weight excluding hydrogens is 338 g/mol. The molecule has 2 unspecified atom stereocenters. The Bertz CT molecular complexity index is 827. The summed E-state index contributed by atoms with van der Waals surface area (Å²) in [6.07, 6.45) is -1.19. The summed E-state index contributed by atoms with van der Waals surface area (Å²) < 4.78 is 21.9. The summed E-state index contributed by atoms with van der Waals surface area (Å²) in [4.78, 5) is 26.0. The predicted octanol–water partition coefficient (Wildman–Crippen LogP) is 2.56. The molecule has 1 aromatic heterocycles. The van der Waals surface area contributed by atoms with Crippen LogP contribution in [0.2, 0.25) is 0 Å². The Morgan fingerprint density at radius 1 is 1.19 bits per heavy atom. The van der Waals surface area contributed by atoms with E-state index < -0.39 is 18.2 Å². The summed E-state index contributed by atoms with van der Waals surface area (Å²) in [5.41, 5.74) is 0.350. The fourth-order valence-electron chi connectivity index (χ4n) is 2.85. The van der Waals surface area contributed by atoms with Crippen LogP contribution in [0.3, 0.4) is 0 Å². The van der Waals surface area contributed by atoms with Gasteiger partial charge in [0, 0.05) is 7.05 Å². The molecule has 3 rings (SSSR count). The minimum atomic E-state index is -0.758. The molecule has 2 aromatic rings. The topological polar surface area (TPSA) is 78.2 Å². The molecule has 0 N–H and O–H groups in total. The number of benzene rings is 1. The first-order chi connectivity index (χ1) is 12.4. The molecule has 7 heteroatoms. The summed E-state index contributed by atoms with van der Waals surface area (Å²) >= 11 is 0. The van der Waals surface area contributed by atoms with Gasteiger partial charge in [0.15, 0.2) is 11.5 Å². The first kappa shape index (κ1) is 17.8. The number of hydrogen-bond donors (Lipinski definition) is 0. The molecule has 138 valence electrons. The third-order valence-corrected chi connectivity index (χ3v) is 4.23. The first-order valence-corrected chi connectivity index (χ1v) is 8.25. The lowest BCUT2D eigenvalue weighted by atomic mass is 10.1. The molecule has 0 spiro atoms. The summed E-state index contributed by atoms with van der Waals surface area (Å²) in [6.45, 7) is 3.66. The Morgan fingerprint density at radius 3 is 2.50 bits per heavy atom. The van der Waals surface area contributed by atoms with Crippen LogP contribution in [-0.2, 0) is 16.1 Å². The number of likely N-dealkylation sites (N-methyl/N-ethyl adjacent to an activating group) is 1. The van der Waals surface area contributed by atoms with Crippen LogP contribution in [0.4, 0.5) is 0 Å². The molecule has 1 amide bonds. The number of fused-ring (bicyclic) bond motifs is 1. The summed E-state index contributed by atoms with van der Waals surface area (Å²) in [7, 11) is 2.96. The smallest absolute Gasteiger partial charge is 0.341 e. The second kappa shape index (κ2) is 7.11. The van der Waals surface area contributed by atoms with Crippen LogP contribution in [0.1, 0.15) is 28.8 Å². The summed E-state index contributed by atoms with van der Waals surface area (Å²) in [5.74, 6) is 1.40. The molecule has 0 saturated carbocycles. The maximum atomic E-state index is 12.8. The predicted molar refractivity (Wildman–Crippen MR) is 92.2 cm³/mol. The lowest BCUT2D eigenvalue weighted by Gasteiger charge is -2.33. The standard InChI is InChI=1S/C19H21NO6/c1-11-14(19(22)23-4)9-13(24-11)10-20(3)18(21)17-12(2)25-15-7-5-6-8-16(15)26-17/h5-9,12,17H,10H2,1-4H3. The van der Waals surface area contributed by atoms with Crippen molar-refractivity contribution < 1.29 is 28.2 Å². The van der Waals surface area contributed by atoms with Crippen molar-refractivity contribution in [3.63, 3.8) is 0 Å². The number of esters is 1. The number of methoxy groups -OCH3 is 1. The highest BCUT2D eigenvalue weighted by Gasteiger charge is 2.36. The van der Waals surface area contributed by atoms with E-state index in [1.807, 2.05) is 12.1 Å². The van der Waals surface area contributed by atoms with Crippen molar-refractivity contribution in [2.45, 2.75) is 32.6 Å². The van der Waals surface area contributed by atoms with E-state index in [-0.39, 0.29) is 12.5 Å². The van der Waals surface area contributed by atoms with Crippen molar-refractivity contribution in [2.24, 2.45) is 0 Å². The molecule has 0 fully saturated rings. The van der Waals surface area contributed by atoms with E-state index >= 15 is 0 Å². The lowest BCUT2D eigenvalue weighted by molar-refractivity contribution is -0.143. The number of para-hydroxylation sites is 2. The number of nitrogens with zero attached hydrogens (tertiary/aromatic N) is 1. The third-order valence-electron chi connectivity index (χ3n) is 4.23. The number of rotatable bonds is 4. The molecule has 0 saturated heterocycles. The second-order valence-corrected chi connectivity index (χ2v) is 6.18. The van der Waals surface area contributed by atoms with Crippen LogP contribution in [0.15, 0.2) is 34.7 Å². The van der Waals surface area contributed by atoms with E-state index in [9.17, 15) is 9.59 Å². The van der Waals surface area contributed by atoms with Gasteiger partial charge in [0.25, 0.3) is 5.91 Å². The van der Waals surface area contributed by atoms with Crippen LogP contribution in [-0.4, -0.2) is 43.1 Å². The zero-order chi connectivity index (χ0) is 18.8. The zero-order valence-electron chi connectivity index (χ0n) is 15.1. The number of ether oxygens (including phenoxy) is 3. The minimum Gasteiger partial charge on any atom is -0.482 e. The maximum absolute atomic E-state index is 12.8. The van der Waals surface area contributed by atoms with Gasteiger partial charge in [-0.2, -0.15) is 0 Å². The van der Waals surface area contributed by atoms with Crippen molar-refractivity contribution in [3.8, 4) is 11.5 Å². The third kappa shape index (κ3) is 3.37. The molecule has 2 heterocycles. The van der Waals surface area contributed by atoms with E-state index in [1.54, 1.807) is 39.1 Å². The number of carbonyl (C=O) groups is 2. The Hall–Kier alpha value is -2.96. The van der Waals surface area contributed by atoms with E-state index in [0.29, 0.717) is 28.6 Å². The fraction of sp³-hybridized carbons (Fsp3) is 0.368. The van der Waals surface area contributed by atoms with Crippen LogP contribution in [0, 0.1) is 6.92 Å². The van der Waals surface area contributed by atoms with Crippen molar-refractivity contribution in [2.75, 3.05) is 14.2 Å². The van der Waals surface area contributed by atoms with Gasteiger partial charge in [-0.3, -0.25) is 4.79 Å². The Balaban J connectivity index is 1.71. The minimum absolute atomic E-state index is 0.199. The molecule has 1 aromatic carbocycles. The van der Waals surface area contributed by atoms with Crippen molar-refractivity contribution in [1.82, 2.24) is 4.90 Å². The summed E-state index contributed by atoms with van der Waals surface area (Å²) in [6, 6.07) is 8.82. The SMILES string of the molecule is COC(=O)c1cc(CN(C)C(=O)C2Oc3ccccc3OC2C)oc1C. The van der Waals surface area contributed by atoms with Gasteiger partial charge in [0.05, 0.1) is 13.7 Å². The quantitative estimate of drug-likeness (QED) is 0.781. The van der Waals surface area contributed by atoms with Gasteiger partial charge in [0.2, 0.25) is 6.10 Å². The molecule has 0 bridgehead atoms. The highest BCUT2D eigenvalue weighted by Crippen LogP contribution is 2.34. The lowest BCUT2D eigenvalue weighted by Crippen LogP contribution is -2.49. The molecule has 7 nitrogen and oxygen atoms in total. The fourth-order valence-corrected chi connectivity index (χ4v) is 2.85. The van der Waals surface area contributed by atoms with Gasteiger partial charge >= 0.3 is 5.97 Å². The normalized spacial score (nSPS) is 18.3. The van der Waals surface area contributed by atoms with Crippen LogP contribution >= 0.6 is 0 Å². The van der Waals surface area contributed by atoms with Gasteiger partial charge < -0.3 is 23.5 Å². The highest BCUT2D eigenvalue weighted by atomic mass is 16.6. The van der Waals surface area contributed by atoms with Crippen molar-refractivity contribution in [3.05, 3.63) is 47.4 Å². The summed E-state index contributed by atoms with van der Waals surface area (Å²) in [5, 5.41) is 0. The number of hydrogen-bond acceptors (Lipinski definition) is 6. The second-order valence-electron chi connectivity index (χ2n) is 6.18. The molecule has 2 atom stereocenters. The molecule has 26 heavy (non-hydrogen) atoms. The Morgan fingerprint density at radius 2 is 1.85 bits per heavy atom. The van der Waals surface area contributed by atoms with E-state index in [0.717, 1.165) is 0 Å². The van der Waals surface area contributed by atoms with Gasteiger partial charge in [-0.1, -0.05) is 12.1 Å². The van der Waals surface area contributed by atoms with Crippen molar-refractivity contribution in [1.29, 1.82) is 0 Å². The first-order valence-electron chi connectivity index (χ1n) is 8.25. The molecule has 1 aliphatic rings. The van der Waals surface area contributed by atoms with Gasteiger partial charge in [-0.15, -0.1) is 0 Å². The number of furan rings is 1. The number of amides is 1. The Kier molecular flexibility index (Phi) is 4.88. The molecule has 1 aliphatic heterocycles. The van der Waals surface area contributed by atoms with E-state index in [1.165, 1.54) is 12.0 Å². The van der Waals surface area contributed by atoms with E-state index in [2.05, 4.69) is 0 Å². The largest absolute Gasteiger partial charge is 0.482 e. The monoisotopic (exact) mass is 359 g/mol. The van der Waals surface area contributed by atoms with Crippen LogP contribution in [0.5, 0.6) is 11.5 Å². The Labute approximate surface area is 151 Å². The molecular formula is C19H21NO6. The van der Waals surface area contributed by atoms with E-state index in [4.69, 9.17) is 18.6 Å². The van der Waals surface area contributed by atoms with Crippen molar-refractivity contribution >= 4 is 11.9 Å². The average molecular weight is 359 g/mol. The van der Waals surface area contributed by atoms with Crippen LogP contribution in [0.25, 0.3) is 0 Å². The highest BCUT2D eigenvalue weighted by molar-refractivity contribution is 5.90. The average Bonchev–Trinajstić information content (AvgIpc) is 2.99. The number of aryl methyl sites for hydroxylation is 1. The van der Waals surface area contributed by atoms with Crippen LogP contribution < -0.4 is 9.47 Å². The number of carbonyl (C=O) groups excluding carboxylic acids is 2. The van der Waals surface area contributed by atoms with Gasteiger partial charge in [-0.25, -0.2) is 4.79 Å². The van der Waals surface area contributed by atoms with Gasteiger partial charge in [0.1, 0.15) is 23.2 Å². The molecule has 0 radical (unpaired) electrons. The van der Waals surface area contributed by atoms with Gasteiger partial charge in [-0.05, 0) is 32.0 Å².